The number of nitrogens with zero attached hydrogens (tertiary/aromatic N) is 1. The Morgan fingerprint density at radius 2 is 1.78 bits per heavy atom. The summed E-state index contributed by atoms with van der Waals surface area (Å²) in [7, 11) is 0. The molecule has 0 unspecified atom stereocenters. The number of hydrogen-bond acceptors (Lipinski definition) is 3. The van der Waals surface area contributed by atoms with Gasteiger partial charge in [-0.3, -0.25) is 4.79 Å². The highest BCUT2D eigenvalue weighted by atomic mass is 16.5. The molecule has 0 radical (unpaired) electrons. The fraction of sp³-hybridized carbons (Fsp3) is 0.708. The Kier molecular flexibility index (Phi) is 9.50. The highest BCUT2D eigenvalue weighted by Crippen LogP contribution is 2.32. The zero-order chi connectivity index (χ0) is 19.5. The lowest BCUT2D eigenvalue weighted by Gasteiger charge is -2.42. The number of aryl methyl sites for hydroxylation is 1. The molecule has 1 saturated heterocycles. The second kappa shape index (κ2) is 11.6. The van der Waals surface area contributed by atoms with Crippen LogP contribution in [0.1, 0.15) is 87.6 Å². The van der Waals surface area contributed by atoms with Crippen LogP contribution in [0.3, 0.4) is 0 Å². The van der Waals surface area contributed by atoms with Crippen molar-refractivity contribution in [3.05, 3.63) is 35.4 Å². The monoisotopic (exact) mass is 373 g/mol. The number of ether oxygens (including phenoxy) is 1. The van der Waals surface area contributed by atoms with Crippen molar-refractivity contribution >= 4 is 5.78 Å². The Morgan fingerprint density at radius 1 is 1.07 bits per heavy atom. The maximum Gasteiger partial charge on any atom is 0.163 e. The number of ketones is 1. The third kappa shape index (κ3) is 7.04. The van der Waals surface area contributed by atoms with Crippen molar-refractivity contribution < 1.29 is 9.53 Å². The van der Waals surface area contributed by atoms with E-state index in [0.29, 0.717) is 6.42 Å². The summed E-state index contributed by atoms with van der Waals surface area (Å²) in [6.45, 7) is 10.7. The van der Waals surface area contributed by atoms with Gasteiger partial charge in [-0.15, -0.1) is 0 Å². The van der Waals surface area contributed by atoms with Crippen LogP contribution in [0.5, 0.6) is 0 Å². The van der Waals surface area contributed by atoms with Crippen LogP contribution in [0, 0.1) is 6.92 Å². The van der Waals surface area contributed by atoms with Gasteiger partial charge in [-0.2, -0.15) is 0 Å². The molecule has 2 rings (SSSR count). The molecule has 0 amide bonds. The Morgan fingerprint density at radius 3 is 2.44 bits per heavy atom. The number of benzene rings is 1. The van der Waals surface area contributed by atoms with Gasteiger partial charge in [0.2, 0.25) is 0 Å². The van der Waals surface area contributed by atoms with Crippen molar-refractivity contribution in [3.8, 4) is 0 Å². The van der Waals surface area contributed by atoms with Crippen molar-refractivity contribution in [2.45, 2.75) is 84.2 Å². The normalized spacial score (nSPS) is 17.1. The van der Waals surface area contributed by atoms with Gasteiger partial charge in [0.05, 0.1) is 5.60 Å². The number of rotatable bonds is 12. The van der Waals surface area contributed by atoms with Crippen molar-refractivity contribution in [3.63, 3.8) is 0 Å². The van der Waals surface area contributed by atoms with E-state index >= 15 is 0 Å². The molecular weight excluding hydrogens is 334 g/mol. The zero-order valence-corrected chi connectivity index (χ0v) is 17.8. The predicted molar refractivity (Wildman–Crippen MR) is 114 cm³/mol. The van der Waals surface area contributed by atoms with Crippen LogP contribution < -0.4 is 0 Å². The molecule has 1 fully saturated rings. The standard InChI is InChI=1S/C24H39NO2/c1-4-6-14-24(27-20-7-5-2)15-18-25(19-16-24)17-10-13-23(26)22-12-9-8-11-21(22)3/h8-9,11-12H,4-7,10,13-20H2,1-3H3. The first kappa shape index (κ1) is 22.1. The van der Waals surface area contributed by atoms with Crippen LogP contribution in [0.15, 0.2) is 24.3 Å². The quantitative estimate of drug-likeness (QED) is 0.342. The lowest BCUT2D eigenvalue weighted by Crippen LogP contribution is -2.46. The number of Topliss-reactive ketones (excluding diaryl/α,β-unsaturated/α-hetero) is 1. The summed E-state index contributed by atoms with van der Waals surface area (Å²) in [6.07, 6.45) is 9.95. The first-order chi connectivity index (χ1) is 13.1. The van der Waals surface area contributed by atoms with Gasteiger partial charge in [0, 0.05) is 31.7 Å². The van der Waals surface area contributed by atoms with E-state index in [4.69, 9.17) is 4.74 Å². The topological polar surface area (TPSA) is 29.5 Å². The van der Waals surface area contributed by atoms with Gasteiger partial charge < -0.3 is 9.64 Å². The molecule has 0 bridgehead atoms. The smallest absolute Gasteiger partial charge is 0.163 e. The Balaban J connectivity index is 1.75. The van der Waals surface area contributed by atoms with Gasteiger partial charge in [-0.1, -0.05) is 57.4 Å². The van der Waals surface area contributed by atoms with Gasteiger partial charge in [0.15, 0.2) is 5.78 Å². The first-order valence-electron chi connectivity index (χ1n) is 11.1. The van der Waals surface area contributed by atoms with Gasteiger partial charge in [0.25, 0.3) is 0 Å². The number of carbonyl (C=O) groups is 1. The fourth-order valence-corrected chi connectivity index (χ4v) is 4.07. The van der Waals surface area contributed by atoms with Crippen LogP contribution in [-0.2, 0) is 4.74 Å². The summed E-state index contributed by atoms with van der Waals surface area (Å²) in [5.41, 5.74) is 2.09. The van der Waals surface area contributed by atoms with Gasteiger partial charge >= 0.3 is 0 Å². The molecule has 1 aromatic carbocycles. The van der Waals surface area contributed by atoms with Crippen LogP contribution in [0.4, 0.5) is 0 Å². The third-order valence-electron chi connectivity index (χ3n) is 5.98. The number of carbonyl (C=O) groups excluding carboxylic acids is 1. The van der Waals surface area contributed by atoms with Crippen molar-refractivity contribution in [2.24, 2.45) is 0 Å². The minimum atomic E-state index is 0.110. The Bertz CT molecular complexity index is 561. The van der Waals surface area contributed by atoms with E-state index in [9.17, 15) is 4.79 Å². The van der Waals surface area contributed by atoms with Crippen molar-refractivity contribution in [1.82, 2.24) is 4.90 Å². The molecule has 3 heteroatoms. The summed E-state index contributed by atoms with van der Waals surface area (Å²) in [5.74, 6) is 0.283. The summed E-state index contributed by atoms with van der Waals surface area (Å²) < 4.78 is 6.39. The molecule has 0 aromatic heterocycles. The number of unbranched alkanes of at least 4 members (excludes halogenated alkanes) is 2. The Hall–Kier alpha value is -1.19. The van der Waals surface area contributed by atoms with Gasteiger partial charge in [0.1, 0.15) is 0 Å². The molecule has 0 atom stereocenters. The molecule has 1 heterocycles. The molecule has 152 valence electrons. The van der Waals surface area contributed by atoms with Crippen LogP contribution in [0.25, 0.3) is 0 Å². The molecule has 1 aliphatic heterocycles. The number of likely N-dealkylation sites (tertiary alicyclic amines) is 1. The number of piperidine rings is 1. The van der Waals surface area contributed by atoms with E-state index in [1.54, 1.807) is 0 Å². The molecule has 27 heavy (non-hydrogen) atoms. The van der Waals surface area contributed by atoms with Crippen LogP contribution in [-0.4, -0.2) is 42.5 Å². The van der Waals surface area contributed by atoms with E-state index in [0.717, 1.165) is 56.6 Å². The summed E-state index contributed by atoms with van der Waals surface area (Å²) in [6, 6.07) is 7.92. The largest absolute Gasteiger partial charge is 0.375 e. The summed E-state index contributed by atoms with van der Waals surface area (Å²) >= 11 is 0. The molecule has 0 spiro atoms. The van der Waals surface area contributed by atoms with Crippen molar-refractivity contribution in [2.75, 3.05) is 26.2 Å². The van der Waals surface area contributed by atoms with E-state index in [2.05, 4.69) is 18.7 Å². The van der Waals surface area contributed by atoms with Crippen LogP contribution >= 0.6 is 0 Å². The molecule has 1 aliphatic rings. The second-order valence-corrected chi connectivity index (χ2v) is 8.17. The molecule has 0 aliphatic carbocycles. The minimum absolute atomic E-state index is 0.110. The fourth-order valence-electron chi connectivity index (χ4n) is 4.07. The van der Waals surface area contributed by atoms with E-state index in [1.807, 2.05) is 31.2 Å². The van der Waals surface area contributed by atoms with E-state index < -0.39 is 0 Å². The Labute approximate surface area is 166 Å². The molecule has 1 aromatic rings. The molecular formula is C24H39NO2. The lowest BCUT2D eigenvalue weighted by molar-refractivity contribution is -0.0909. The highest BCUT2D eigenvalue weighted by molar-refractivity contribution is 5.97. The van der Waals surface area contributed by atoms with Gasteiger partial charge in [-0.25, -0.2) is 0 Å². The summed E-state index contributed by atoms with van der Waals surface area (Å²) in [5, 5.41) is 0. The zero-order valence-electron chi connectivity index (χ0n) is 17.8. The predicted octanol–water partition coefficient (Wildman–Crippen LogP) is 5.80. The van der Waals surface area contributed by atoms with E-state index in [1.165, 1.54) is 32.1 Å². The maximum atomic E-state index is 12.4. The molecule has 0 N–H and O–H groups in total. The molecule has 3 nitrogen and oxygen atoms in total. The minimum Gasteiger partial charge on any atom is -0.375 e. The highest BCUT2D eigenvalue weighted by Gasteiger charge is 2.34. The lowest BCUT2D eigenvalue weighted by atomic mass is 9.86. The first-order valence-corrected chi connectivity index (χ1v) is 11.1. The number of hydrogen-bond donors (Lipinski definition) is 0. The van der Waals surface area contributed by atoms with Gasteiger partial charge in [-0.05, 0) is 51.1 Å². The SMILES string of the molecule is CCCCOC1(CCCC)CCN(CCCC(=O)c2ccccc2C)CC1. The maximum absolute atomic E-state index is 12.4. The summed E-state index contributed by atoms with van der Waals surface area (Å²) in [4.78, 5) is 15.0. The molecule has 0 saturated carbocycles. The second-order valence-electron chi connectivity index (χ2n) is 8.17. The average molecular weight is 374 g/mol. The van der Waals surface area contributed by atoms with Crippen LogP contribution in [0.2, 0.25) is 0 Å². The average Bonchev–Trinajstić information content (AvgIpc) is 2.68. The third-order valence-corrected chi connectivity index (χ3v) is 5.98. The van der Waals surface area contributed by atoms with Crippen molar-refractivity contribution in [1.29, 1.82) is 0 Å². The van der Waals surface area contributed by atoms with E-state index in [-0.39, 0.29) is 11.4 Å².